The van der Waals surface area contributed by atoms with Crippen molar-refractivity contribution in [1.29, 1.82) is 0 Å². The van der Waals surface area contributed by atoms with Crippen LogP contribution >= 0.6 is 0 Å². The number of nitrogens with one attached hydrogen (secondary N) is 1. The summed E-state index contributed by atoms with van der Waals surface area (Å²) in [5, 5.41) is 13.2. The number of aliphatic hydroxyl groups is 1. The van der Waals surface area contributed by atoms with Crippen molar-refractivity contribution in [3.8, 4) is 0 Å². The van der Waals surface area contributed by atoms with Gasteiger partial charge in [-0.1, -0.05) is 26.0 Å². The van der Waals surface area contributed by atoms with Crippen molar-refractivity contribution in [1.82, 2.24) is 4.90 Å². The Labute approximate surface area is 201 Å². The van der Waals surface area contributed by atoms with Gasteiger partial charge < -0.3 is 24.8 Å². The molecule has 34 heavy (non-hydrogen) atoms. The standard InChI is InChI=1S/C26H36N2O6/c1-7-33-24(32)20-19-23(31)28(18(13-29)14(2)3)21(26(19)11-10-25(20,6)34-26)22(30)27-17-12-15(4)8-9-16(17)5/h8-9,12,14,18-21,29H,7,10-11,13H2,1-6H3,(H,27,30)/t18-,19-,20-,21?,25+,26?/m0/s1. The summed E-state index contributed by atoms with van der Waals surface area (Å²) in [7, 11) is 0. The summed E-state index contributed by atoms with van der Waals surface area (Å²) in [4.78, 5) is 42.4. The van der Waals surface area contributed by atoms with Crippen molar-refractivity contribution in [3.63, 3.8) is 0 Å². The normalized spacial score (nSPS) is 32.8. The molecule has 3 aliphatic rings. The number of aliphatic hydroxyl groups excluding tert-OH is 1. The van der Waals surface area contributed by atoms with Crippen molar-refractivity contribution >= 4 is 23.5 Å². The first-order chi connectivity index (χ1) is 16.0. The zero-order valence-corrected chi connectivity index (χ0v) is 20.9. The number of carbonyl (C=O) groups is 3. The van der Waals surface area contributed by atoms with Crippen LogP contribution in [0.1, 0.15) is 51.7 Å². The van der Waals surface area contributed by atoms with Crippen molar-refractivity contribution in [2.24, 2.45) is 17.8 Å². The first kappa shape index (κ1) is 24.7. The van der Waals surface area contributed by atoms with E-state index in [2.05, 4.69) is 5.32 Å². The molecule has 2 N–H and O–H groups in total. The first-order valence-corrected chi connectivity index (χ1v) is 12.2. The van der Waals surface area contributed by atoms with Gasteiger partial charge in [0.1, 0.15) is 17.6 Å². The molecule has 0 radical (unpaired) electrons. The maximum Gasteiger partial charge on any atom is 0.312 e. The minimum absolute atomic E-state index is 0.103. The van der Waals surface area contributed by atoms with Crippen LogP contribution in [0.4, 0.5) is 5.69 Å². The van der Waals surface area contributed by atoms with Gasteiger partial charge in [-0.15, -0.1) is 0 Å². The number of ether oxygens (including phenoxy) is 2. The number of anilines is 1. The number of amides is 2. The van der Waals surface area contributed by atoms with Crippen LogP contribution in [0.3, 0.4) is 0 Å². The predicted molar refractivity (Wildman–Crippen MR) is 126 cm³/mol. The molecule has 0 aromatic heterocycles. The summed E-state index contributed by atoms with van der Waals surface area (Å²) in [6.07, 6.45) is 1.03. The number of esters is 1. The highest BCUT2D eigenvalue weighted by molar-refractivity contribution is 6.03. The van der Waals surface area contributed by atoms with Gasteiger partial charge in [-0.3, -0.25) is 14.4 Å². The average molecular weight is 473 g/mol. The third kappa shape index (κ3) is 3.53. The predicted octanol–water partition coefficient (Wildman–Crippen LogP) is 2.59. The van der Waals surface area contributed by atoms with Crippen molar-refractivity contribution < 1.29 is 29.0 Å². The second-order valence-corrected chi connectivity index (χ2v) is 10.5. The Morgan fingerprint density at radius 1 is 1.29 bits per heavy atom. The Bertz CT molecular complexity index is 1010. The number of carbonyl (C=O) groups excluding carboxylic acids is 3. The third-order valence-corrected chi connectivity index (χ3v) is 7.97. The minimum Gasteiger partial charge on any atom is -0.466 e. The molecule has 3 aliphatic heterocycles. The molecule has 2 bridgehead atoms. The lowest BCUT2D eigenvalue weighted by Crippen LogP contribution is -2.57. The average Bonchev–Trinajstić information content (AvgIpc) is 3.32. The Kier molecular flexibility index (Phi) is 6.27. The first-order valence-electron chi connectivity index (χ1n) is 12.2. The molecule has 3 saturated heterocycles. The highest BCUT2D eigenvalue weighted by Gasteiger charge is 2.78. The number of hydrogen-bond acceptors (Lipinski definition) is 6. The highest BCUT2D eigenvalue weighted by Crippen LogP contribution is 2.63. The van der Waals surface area contributed by atoms with Crippen molar-refractivity contribution in [2.75, 3.05) is 18.5 Å². The summed E-state index contributed by atoms with van der Waals surface area (Å²) in [6.45, 7) is 11.1. The summed E-state index contributed by atoms with van der Waals surface area (Å²) in [6, 6.07) is 4.25. The van der Waals surface area contributed by atoms with Crippen molar-refractivity contribution in [3.05, 3.63) is 29.3 Å². The number of hydrogen-bond donors (Lipinski definition) is 2. The molecule has 0 aliphatic carbocycles. The van der Waals surface area contributed by atoms with Gasteiger partial charge in [-0.25, -0.2) is 0 Å². The molecule has 2 amide bonds. The Morgan fingerprint density at radius 2 is 2.00 bits per heavy atom. The van der Waals surface area contributed by atoms with Crippen LogP contribution in [0.5, 0.6) is 0 Å². The molecule has 4 rings (SSSR count). The van der Waals surface area contributed by atoms with Gasteiger partial charge in [0.15, 0.2) is 0 Å². The van der Waals surface area contributed by atoms with E-state index < -0.39 is 41.1 Å². The van der Waals surface area contributed by atoms with E-state index in [1.54, 1.807) is 6.92 Å². The van der Waals surface area contributed by atoms with E-state index in [1.165, 1.54) is 4.90 Å². The zero-order chi connectivity index (χ0) is 25.0. The quantitative estimate of drug-likeness (QED) is 0.591. The Balaban J connectivity index is 1.80. The van der Waals surface area contributed by atoms with Crippen molar-refractivity contribution in [2.45, 2.75) is 77.7 Å². The van der Waals surface area contributed by atoms with Crippen LogP contribution < -0.4 is 5.32 Å². The van der Waals surface area contributed by atoms with Gasteiger partial charge in [0.25, 0.3) is 0 Å². The summed E-state index contributed by atoms with van der Waals surface area (Å²) in [5.74, 6) is -2.87. The molecule has 3 fully saturated rings. The highest BCUT2D eigenvalue weighted by atomic mass is 16.6. The molecule has 6 atom stereocenters. The number of fused-ring (bicyclic) bond motifs is 1. The lowest BCUT2D eigenvalue weighted by Gasteiger charge is -2.38. The van der Waals surface area contributed by atoms with E-state index in [0.29, 0.717) is 18.5 Å². The molecule has 186 valence electrons. The molecule has 1 aromatic carbocycles. The molecule has 2 unspecified atom stereocenters. The summed E-state index contributed by atoms with van der Waals surface area (Å²) < 4.78 is 11.9. The fourth-order valence-electron chi connectivity index (χ4n) is 6.30. The van der Waals surface area contributed by atoms with Crippen LogP contribution in [-0.2, 0) is 23.9 Å². The van der Waals surface area contributed by atoms with Crippen LogP contribution in [0.2, 0.25) is 0 Å². The SMILES string of the molecule is CCOC(=O)[C@@H]1[C@H]2C(=O)N([C@@H](CO)C(C)C)C(C(=O)Nc3cc(C)ccc3C)C23CC[C@@]1(C)O3. The largest absolute Gasteiger partial charge is 0.466 e. The smallest absolute Gasteiger partial charge is 0.312 e. The number of rotatable bonds is 7. The molecular weight excluding hydrogens is 436 g/mol. The maximum atomic E-state index is 14.0. The van der Waals surface area contributed by atoms with Gasteiger partial charge in [0.05, 0.1) is 30.8 Å². The van der Waals surface area contributed by atoms with E-state index in [-0.39, 0.29) is 30.9 Å². The molecule has 8 heteroatoms. The van der Waals surface area contributed by atoms with Gasteiger partial charge >= 0.3 is 5.97 Å². The number of nitrogens with zero attached hydrogens (tertiary/aromatic N) is 1. The second kappa shape index (κ2) is 8.64. The van der Waals surface area contributed by atoms with E-state index in [4.69, 9.17) is 9.47 Å². The lowest BCUT2D eigenvalue weighted by atomic mass is 9.66. The molecule has 3 heterocycles. The van der Waals surface area contributed by atoms with Crippen LogP contribution in [0.15, 0.2) is 18.2 Å². The van der Waals surface area contributed by atoms with Crippen LogP contribution in [0, 0.1) is 31.6 Å². The van der Waals surface area contributed by atoms with Crippen LogP contribution in [-0.4, -0.2) is 64.3 Å². The summed E-state index contributed by atoms with van der Waals surface area (Å²) in [5.41, 5.74) is 0.554. The van der Waals surface area contributed by atoms with E-state index in [0.717, 1.165) is 11.1 Å². The topological polar surface area (TPSA) is 105 Å². The Morgan fingerprint density at radius 3 is 2.62 bits per heavy atom. The van der Waals surface area contributed by atoms with Crippen LogP contribution in [0.25, 0.3) is 0 Å². The molecular formula is C26H36N2O6. The lowest BCUT2D eigenvalue weighted by molar-refractivity contribution is -0.160. The van der Waals surface area contributed by atoms with Gasteiger partial charge in [0, 0.05) is 5.69 Å². The fourth-order valence-corrected chi connectivity index (χ4v) is 6.30. The van der Waals surface area contributed by atoms with E-state index >= 15 is 0 Å². The van der Waals surface area contributed by atoms with Gasteiger partial charge in [-0.2, -0.15) is 0 Å². The molecule has 8 nitrogen and oxygen atoms in total. The number of likely N-dealkylation sites (tertiary alicyclic amines) is 1. The third-order valence-electron chi connectivity index (χ3n) is 7.97. The molecule has 1 spiro atoms. The number of aryl methyl sites for hydroxylation is 2. The molecule has 1 aromatic rings. The summed E-state index contributed by atoms with van der Waals surface area (Å²) >= 11 is 0. The van der Waals surface area contributed by atoms with Gasteiger partial charge in [0.2, 0.25) is 11.8 Å². The minimum atomic E-state index is -1.15. The van der Waals surface area contributed by atoms with E-state index in [1.807, 2.05) is 52.8 Å². The molecule has 0 saturated carbocycles. The fraction of sp³-hybridized carbons (Fsp3) is 0.654. The monoisotopic (exact) mass is 472 g/mol. The second-order valence-electron chi connectivity index (χ2n) is 10.5. The Hall–Kier alpha value is -2.45. The zero-order valence-electron chi connectivity index (χ0n) is 20.9. The van der Waals surface area contributed by atoms with Gasteiger partial charge in [-0.05, 0) is 63.6 Å². The maximum absolute atomic E-state index is 14.0. The van der Waals surface area contributed by atoms with E-state index in [9.17, 15) is 19.5 Å². The number of benzene rings is 1.